The molecule has 0 amide bonds. The monoisotopic (exact) mass is 213 g/mol. The first-order chi connectivity index (χ1) is 6.58. The summed E-state index contributed by atoms with van der Waals surface area (Å²) in [5, 5.41) is 9.17. The molecule has 0 spiro atoms. The zero-order valence-corrected chi connectivity index (χ0v) is 8.37. The summed E-state index contributed by atoms with van der Waals surface area (Å²) < 4.78 is 0. The third-order valence-electron chi connectivity index (χ3n) is 1.85. The molecule has 1 aromatic carbocycles. The van der Waals surface area contributed by atoms with Gasteiger partial charge in [-0.25, -0.2) is 0 Å². The van der Waals surface area contributed by atoms with E-state index in [1.54, 1.807) is 12.1 Å². The standard InChI is InChI=1S/C10H12ClNO2/c11-8-3-1-7(2-4-8)5-9(12)6-10(13)14/h1-4,9H,5-6,12H2,(H,13,14). The lowest BCUT2D eigenvalue weighted by atomic mass is 10.0. The number of hydrogen-bond acceptors (Lipinski definition) is 2. The highest BCUT2D eigenvalue weighted by Gasteiger charge is 2.08. The van der Waals surface area contributed by atoms with E-state index in [1.807, 2.05) is 12.1 Å². The maximum absolute atomic E-state index is 10.4. The molecule has 14 heavy (non-hydrogen) atoms. The van der Waals surface area contributed by atoms with E-state index in [9.17, 15) is 4.79 Å². The second-order valence-electron chi connectivity index (χ2n) is 3.19. The van der Waals surface area contributed by atoms with E-state index in [-0.39, 0.29) is 12.5 Å². The van der Waals surface area contributed by atoms with E-state index in [4.69, 9.17) is 22.4 Å². The van der Waals surface area contributed by atoms with Crippen LogP contribution in [0.25, 0.3) is 0 Å². The number of carbonyl (C=O) groups is 1. The minimum atomic E-state index is -0.869. The zero-order chi connectivity index (χ0) is 10.6. The number of nitrogens with two attached hydrogens (primary N) is 1. The lowest BCUT2D eigenvalue weighted by Gasteiger charge is -2.08. The summed E-state index contributed by atoms with van der Waals surface area (Å²) in [4.78, 5) is 10.4. The Balaban J connectivity index is 2.51. The van der Waals surface area contributed by atoms with Crippen LogP contribution in [-0.4, -0.2) is 17.1 Å². The van der Waals surface area contributed by atoms with Gasteiger partial charge in [0.25, 0.3) is 0 Å². The molecular formula is C10H12ClNO2. The molecule has 0 aromatic heterocycles. The summed E-state index contributed by atoms with van der Waals surface area (Å²) in [5.74, 6) is -0.869. The fourth-order valence-electron chi connectivity index (χ4n) is 1.22. The van der Waals surface area contributed by atoms with Crippen LogP contribution in [0.2, 0.25) is 5.02 Å². The van der Waals surface area contributed by atoms with Crippen molar-refractivity contribution in [3.8, 4) is 0 Å². The van der Waals surface area contributed by atoms with Crippen LogP contribution in [0.3, 0.4) is 0 Å². The summed E-state index contributed by atoms with van der Waals surface area (Å²) in [6, 6.07) is 6.90. The molecular weight excluding hydrogens is 202 g/mol. The molecule has 76 valence electrons. The Bertz CT molecular complexity index is 310. The number of carboxylic acid groups (broad SMARTS) is 1. The van der Waals surface area contributed by atoms with Crippen LogP contribution in [0, 0.1) is 0 Å². The first-order valence-corrected chi connectivity index (χ1v) is 4.67. The Hall–Kier alpha value is -1.06. The fraction of sp³-hybridized carbons (Fsp3) is 0.300. The number of rotatable bonds is 4. The summed E-state index contributed by atoms with van der Waals surface area (Å²) >= 11 is 5.71. The molecule has 0 aliphatic heterocycles. The van der Waals surface area contributed by atoms with Gasteiger partial charge in [-0.05, 0) is 24.1 Å². The minimum absolute atomic E-state index is 0.0113. The normalized spacial score (nSPS) is 12.4. The van der Waals surface area contributed by atoms with Crippen LogP contribution in [0.5, 0.6) is 0 Å². The average molecular weight is 214 g/mol. The van der Waals surface area contributed by atoms with Crippen molar-refractivity contribution in [3.05, 3.63) is 34.9 Å². The molecule has 1 rings (SSSR count). The molecule has 1 atom stereocenters. The lowest BCUT2D eigenvalue weighted by Crippen LogP contribution is -2.26. The van der Waals surface area contributed by atoms with Gasteiger partial charge in [0.2, 0.25) is 0 Å². The third kappa shape index (κ3) is 3.77. The van der Waals surface area contributed by atoms with Gasteiger partial charge < -0.3 is 10.8 Å². The van der Waals surface area contributed by atoms with Crippen molar-refractivity contribution < 1.29 is 9.90 Å². The first-order valence-electron chi connectivity index (χ1n) is 4.30. The van der Waals surface area contributed by atoms with E-state index in [1.165, 1.54) is 0 Å². The van der Waals surface area contributed by atoms with Crippen molar-refractivity contribution in [1.82, 2.24) is 0 Å². The predicted octanol–water partition coefficient (Wildman–Crippen LogP) is 1.68. The van der Waals surface area contributed by atoms with Crippen LogP contribution >= 0.6 is 11.6 Å². The summed E-state index contributed by atoms with van der Waals surface area (Å²) in [6.07, 6.45) is 0.548. The van der Waals surface area contributed by atoms with Gasteiger partial charge in [0.1, 0.15) is 0 Å². The van der Waals surface area contributed by atoms with Crippen molar-refractivity contribution in [2.45, 2.75) is 18.9 Å². The number of halogens is 1. The van der Waals surface area contributed by atoms with E-state index in [0.717, 1.165) is 5.56 Å². The molecule has 1 unspecified atom stereocenters. The molecule has 4 heteroatoms. The van der Waals surface area contributed by atoms with Gasteiger partial charge in [0.05, 0.1) is 6.42 Å². The molecule has 0 fully saturated rings. The van der Waals surface area contributed by atoms with Crippen molar-refractivity contribution >= 4 is 17.6 Å². The highest BCUT2D eigenvalue weighted by atomic mass is 35.5. The molecule has 0 saturated heterocycles. The molecule has 0 aliphatic rings. The highest BCUT2D eigenvalue weighted by molar-refractivity contribution is 6.30. The molecule has 3 N–H and O–H groups in total. The maximum atomic E-state index is 10.4. The highest BCUT2D eigenvalue weighted by Crippen LogP contribution is 2.11. The molecule has 0 radical (unpaired) electrons. The molecule has 1 aromatic rings. The second-order valence-corrected chi connectivity index (χ2v) is 3.62. The van der Waals surface area contributed by atoms with E-state index in [0.29, 0.717) is 11.4 Å². The molecule has 0 heterocycles. The second kappa shape index (κ2) is 4.98. The van der Waals surface area contributed by atoms with Gasteiger partial charge in [-0.2, -0.15) is 0 Å². The van der Waals surface area contributed by atoms with Gasteiger partial charge >= 0.3 is 5.97 Å². The quantitative estimate of drug-likeness (QED) is 0.800. The van der Waals surface area contributed by atoms with Crippen molar-refractivity contribution in [1.29, 1.82) is 0 Å². The SMILES string of the molecule is NC(CC(=O)O)Cc1ccc(Cl)cc1. The van der Waals surface area contributed by atoms with Gasteiger partial charge in [0.15, 0.2) is 0 Å². The van der Waals surface area contributed by atoms with Crippen molar-refractivity contribution in [2.75, 3.05) is 0 Å². The van der Waals surface area contributed by atoms with Crippen molar-refractivity contribution in [2.24, 2.45) is 5.73 Å². The van der Waals surface area contributed by atoms with Gasteiger partial charge in [-0.3, -0.25) is 4.79 Å². The Morgan fingerprint density at radius 1 is 1.43 bits per heavy atom. The predicted molar refractivity (Wildman–Crippen MR) is 55.4 cm³/mol. The van der Waals surface area contributed by atoms with Crippen LogP contribution < -0.4 is 5.73 Å². The first kappa shape index (κ1) is 11.0. The largest absolute Gasteiger partial charge is 0.481 e. The number of benzene rings is 1. The smallest absolute Gasteiger partial charge is 0.304 e. The van der Waals surface area contributed by atoms with Crippen molar-refractivity contribution in [3.63, 3.8) is 0 Å². The van der Waals surface area contributed by atoms with Gasteiger partial charge in [0, 0.05) is 11.1 Å². The Kier molecular flexibility index (Phi) is 3.92. The molecule has 0 aliphatic carbocycles. The van der Waals surface area contributed by atoms with Crippen LogP contribution in [0.1, 0.15) is 12.0 Å². The minimum Gasteiger partial charge on any atom is -0.481 e. The van der Waals surface area contributed by atoms with E-state index < -0.39 is 5.97 Å². The number of hydrogen-bond donors (Lipinski definition) is 2. The van der Waals surface area contributed by atoms with Crippen LogP contribution in [-0.2, 0) is 11.2 Å². The molecule has 0 bridgehead atoms. The molecule has 3 nitrogen and oxygen atoms in total. The van der Waals surface area contributed by atoms with Crippen LogP contribution in [0.15, 0.2) is 24.3 Å². The Labute approximate surface area is 87.5 Å². The third-order valence-corrected chi connectivity index (χ3v) is 2.10. The summed E-state index contributed by atoms with van der Waals surface area (Å²) in [5.41, 5.74) is 6.63. The number of carboxylic acids is 1. The Morgan fingerprint density at radius 3 is 2.50 bits per heavy atom. The number of aliphatic carboxylic acids is 1. The molecule has 0 saturated carbocycles. The average Bonchev–Trinajstić information content (AvgIpc) is 2.07. The maximum Gasteiger partial charge on any atom is 0.304 e. The van der Waals surface area contributed by atoms with Gasteiger partial charge in [-0.1, -0.05) is 23.7 Å². The summed E-state index contributed by atoms with van der Waals surface area (Å²) in [7, 11) is 0. The Morgan fingerprint density at radius 2 is 2.00 bits per heavy atom. The fourth-order valence-corrected chi connectivity index (χ4v) is 1.35. The topological polar surface area (TPSA) is 63.3 Å². The lowest BCUT2D eigenvalue weighted by molar-refractivity contribution is -0.137. The summed E-state index contributed by atoms with van der Waals surface area (Å²) in [6.45, 7) is 0. The van der Waals surface area contributed by atoms with E-state index >= 15 is 0 Å². The zero-order valence-electron chi connectivity index (χ0n) is 7.61. The van der Waals surface area contributed by atoms with Crippen LogP contribution in [0.4, 0.5) is 0 Å². The van der Waals surface area contributed by atoms with E-state index in [2.05, 4.69) is 0 Å². The van der Waals surface area contributed by atoms with Gasteiger partial charge in [-0.15, -0.1) is 0 Å².